The smallest absolute Gasteiger partial charge is 0.387 e. The molecule has 0 unspecified atom stereocenters. The Hall–Kier alpha value is -4.16. The highest BCUT2D eigenvalue weighted by Crippen LogP contribution is 2.29. The molecule has 1 aliphatic heterocycles. The van der Waals surface area contributed by atoms with E-state index in [9.17, 15) is 13.6 Å². The molecule has 0 saturated carbocycles. The highest BCUT2D eigenvalue weighted by Gasteiger charge is 2.25. The third-order valence-electron chi connectivity index (χ3n) is 6.66. The van der Waals surface area contributed by atoms with Gasteiger partial charge in [-0.15, -0.1) is 12.4 Å². The number of halogens is 3. The van der Waals surface area contributed by atoms with Crippen LogP contribution in [-0.2, 0) is 4.79 Å². The van der Waals surface area contributed by atoms with E-state index in [0.717, 1.165) is 16.8 Å². The average Bonchev–Trinajstić information content (AvgIpc) is 2.97. The molecule has 4 nitrogen and oxygen atoms in total. The molecule has 0 aromatic heterocycles. The lowest BCUT2D eigenvalue weighted by Crippen LogP contribution is -2.49. The largest absolute Gasteiger partial charge is 0.434 e. The van der Waals surface area contributed by atoms with Gasteiger partial charge < -0.3 is 14.5 Å². The van der Waals surface area contributed by atoms with E-state index < -0.39 is 6.61 Å². The number of hydrogen-bond donors (Lipinski definition) is 0. The van der Waals surface area contributed by atoms with Crippen molar-refractivity contribution in [3.05, 3.63) is 120 Å². The highest BCUT2D eigenvalue weighted by molar-refractivity contribution is 6.24. The zero-order valence-corrected chi connectivity index (χ0v) is 22.1. The standard InChI is InChI=1S/C32H28F2N2O2.ClH/c33-32(34)38-30-14-8-7-11-27(30)23-29(26-17-15-25(16-18-26)24-9-3-1-4-10-24)31(37)36-21-19-35(20-22-36)28-12-5-2-6-13-28;/h1-18,23,32H,19-22H2;1H/b29-23+;. The van der Waals surface area contributed by atoms with Gasteiger partial charge >= 0.3 is 6.61 Å². The van der Waals surface area contributed by atoms with E-state index in [1.165, 1.54) is 6.07 Å². The number of carbonyl (C=O) groups excluding carboxylic acids is 1. The fourth-order valence-electron chi connectivity index (χ4n) is 4.68. The van der Waals surface area contributed by atoms with E-state index in [0.29, 0.717) is 42.9 Å². The van der Waals surface area contributed by atoms with Gasteiger partial charge in [0.2, 0.25) is 0 Å². The number of amides is 1. The normalized spacial score (nSPS) is 13.7. The van der Waals surface area contributed by atoms with Crippen molar-refractivity contribution in [2.45, 2.75) is 6.61 Å². The Morgan fingerprint density at radius 3 is 1.92 bits per heavy atom. The van der Waals surface area contributed by atoms with Crippen molar-refractivity contribution in [2.24, 2.45) is 0 Å². The summed E-state index contributed by atoms with van der Waals surface area (Å²) >= 11 is 0. The number of para-hydroxylation sites is 2. The molecule has 4 aromatic carbocycles. The maximum absolute atomic E-state index is 13.9. The summed E-state index contributed by atoms with van der Waals surface area (Å²) in [6, 6.07) is 34.4. The molecule has 1 aliphatic rings. The Morgan fingerprint density at radius 2 is 1.28 bits per heavy atom. The molecule has 200 valence electrons. The maximum Gasteiger partial charge on any atom is 0.387 e. The minimum Gasteiger partial charge on any atom is -0.434 e. The molecule has 1 fully saturated rings. The number of rotatable bonds is 7. The number of ether oxygens (including phenoxy) is 1. The monoisotopic (exact) mass is 546 g/mol. The van der Waals surface area contributed by atoms with Crippen LogP contribution in [0.5, 0.6) is 5.75 Å². The van der Waals surface area contributed by atoms with Crippen LogP contribution in [0.3, 0.4) is 0 Å². The summed E-state index contributed by atoms with van der Waals surface area (Å²) in [4.78, 5) is 18.0. The van der Waals surface area contributed by atoms with E-state index >= 15 is 0 Å². The predicted molar refractivity (Wildman–Crippen MR) is 155 cm³/mol. The maximum atomic E-state index is 13.9. The summed E-state index contributed by atoms with van der Waals surface area (Å²) in [5.74, 6) is -0.111. The van der Waals surface area contributed by atoms with Crippen molar-refractivity contribution in [1.82, 2.24) is 4.90 Å². The summed E-state index contributed by atoms with van der Waals surface area (Å²) in [7, 11) is 0. The molecule has 0 aliphatic carbocycles. The first kappa shape index (κ1) is 27.9. The molecular weight excluding hydrogens is 518 g/mol. The highest BCUT2D eigenvalue weighted by atomic mass is 35.5. The number of alkyl halides is 2. The Kier molecular flexibility index (Phi) is 9.34. The van der Waals surface area contributed by atoms with Crippen LogP contribution in [0.4, 0.5) is 14.5 Å². The quantitative estimate of drug-likeness (QED) is 0.180. The lowest BCUT2D eigenvalue weighted by molar-refractivity contribution is -0.125. The third-order valence-corrected chi connectivity index (χ3v) is 6.66. The van der Waals surface area contributed by atoms with E-state index in [-0.39, 0.29) is 24.1 Å². The van der Waals surface area contributed by atoms with Crippen LogP contribution in [-0.4, -0.2) is 43.6 Å². The van der Waals surface area contributed by atoms with E-state index in [2.05, 4.69) is 17.0 Å². The molecule has 0 radical (unpaired) electrons. The van der Waals surface area contributed by atoms with Gasteiger partial charge in [-0.2, -0.15) is 8.78 Å². The molecule has 0 bridgehead atoms. The van der Waals surface area contributed by atoms with Crippen molar-refractivity contribution < 1.29 is 18.3 Å². The van der Waals surface area contributed by atoms with E-state index in [1.807, 2.05) is 77.7 Å². The zero-order chi connectivity index (χ0) is 26.3. The van der Waals surface area contributed by atoms with Crippen molar-refractivity contribution in [3.8, 4) is 16.9 Å². The molecule has 0 N–H and O–H groups in total. The molecule has 7 heteroatoms. The summed E-state index contributed by atoms with van der Waals surface area (Å²) in [5, 5.41) is 0. The van der Waals surface area contributed by atoms with Crippen molar-refractivity contribution in [1.29, 1.82) is 0 Å². The van der Waals surface area contributed by atoms with Crippen LogP contribution in [0.2, 0.25) is 0 Å². The van der Waals surface area contributed by atoms with Crippen LogP contribution < -0.4 is 9.64 Å². The van der Waals surface area contributed by atoms with Gasteiger partial charge in [0, 0.05) is 43.0 Å². The number of anilines is 1. The van der Waals surface area contributed by atoms with Crippen LogP contribution >= 0.6 is 12.4 Å². The average molecular weight is 547 g/mol. The number of piperazine rings is 1. The van der Waals surface area contributed by atoms with Crippen molar-refractivity contribution in [2.75, 3.05) is 31.1 Å². The van der Waals surface area contributed by atoms with Crippen LogP contribution in [0.15, 0.2) is 109 Å². The van der Waals surface area contributed by atoms with Crippen molar-refractivity contribution in [3.63, 3.8) is 0 Å². The fourth-order valence-corrected chi connectivity index (χ4v) is 4.68. The van der Waals surface area contributed by atoms with E-state index in [1.54, 1.807) is 24.3 Å². The topological polar surface area (TPSA) is 32.8 Å². The SMILES string of the molecule is Cl.O=C(/C(=C/c1ccccc1OC(F)F)c1ccc(-c2ccccc2)cc1)N1CCN(c2ccccc2)CC1. The number of benzene rings is 4. The molecule has 39 heavy (non-hydrogen) atoms. The molecule has 0 atom stereocenters. The minimum atomic E-state index is -2.96. The van der Waals surface area contributed by atoms with E-state index in [4.69, 9.17) is 4.74 Å². The second kappa shape index (κ2) is 13.1. The Balaban J connectivity index is 0.00000353. The van der Waals surface area contributed by atoms with Gasteiger partial charge in [0.05, 0.1) is 0 Å². The zero-order valence-electron chi connectivity index (χ0n) is 21.3. The van der Waals surface area contributed by atoms with Crippen LogP contribution in [0.1, 0.15) is 11.1 Å². The number of nitrogens with zero attached hydrogens (tertiary/aromatic N) is 2. The van der Waals surface area contributed by atoms with Gasteiger partial charge in [0.25, 0.3) is 5.91 Å². The molecule has 4 aromatic rings. The molecule has 5 rings (SSSR count). The lowest BCUT2D eigenvalue weighted by atomic mass is 9.97. The van der Waals surface area contributed by atoms with Gasteiger partial charge in [-0.1, -0.05) is 91.0 Å². The predicted octanol–water partition coefficient (Wildman–Crippen LogP) is 7.27. The van der Waals surface area contributed by atoms with Gasteiger partial charge in [0.1, 0.15) is 5.75 Å². The second-order valence-electron chi connectivity index (χ2n) is 9.03. The summed E-state index contributed by atoms with van der Waals surface area (Å²) in [5.41, 5.74) is 4.80. The first-order valence-electron chi connectivity index (χ1n) is 12.6. The number of carbonyl (C=O) groups is 1. The van der Waals surface area contributed by atoms with Gasteiger partial charge in [-0.05, 0) is 41.0 Å². The van der Waals surface area contributed by atoms with Crippen LogP contribution in [0.25, 0.3) is 22.8 Å². The van der Waals surface area contributed by atoms with Crippen LogP contribution in [0, 0.1) is 0 Å². The summed E-state index contributed by atoms with van der Waals surface area (Å²) in [6.45, 7) is -0.424. The third kappa shape index (κ3) is 6.84. The summed E-state index contributed by atoms with van der Waals surface area (Å²) < 4.78 is 30.9. The second-order valence-corrected chi connectivity index (χ2v) is 9.03. The fraction of sp³-hybridized carbons (Fsp3) is 0.156. The van der Waals surface area contributed by atoms with Gasteiger partial charge in [-0.25, -0.2) is 0 Å². The molecule has 0 spiro atoms. The Morgan fingerprint density at radius 1 is 0.718 bits per heavy atom. The molecule has 1 saturated heterocycles. The molecule has 1 amide bonds. The first-order valence-corrected chi connectivity index (χ1v) is 12.6. The minimum absolute atomic E-state index is 0. The van der Waals surface area contributed by atoms with Gasteiger partial charge in [0.15, 0.2) is 0 Å². The van der Waals surface area contributed by atoms with Gasteiger partial charge in [-0.3, -0.25) is 4.79 Å². The molecule has 1 heterocycles. The summed E-state index contributed by atoms with van der Waals surface area (Å²) in [6.07, 6.45) is 1.65. The Labute approximate surface area is 233 Å². The Bertz CT molecular complexity index is 1390. The first-order chi connectivity index (χ1) is 18.6. The number of hydrogen-bond acceptors (Lipinski definition) is 3. The van der Waals surface area contributed by atoms with Crippen molar-refractivity contribution >= 4 is 35.7 Å². The molecular formula is C32H29ClF2N2O2. The lowest BCUT2D eigenvalue weighted by Gasteiger charge is -2.36.